The second-order valence-corrected chi connectivity index (χ2v) is 12.5. The molecular weight excluding hydrogens is 496 g/mol. The second kappa shape index (κ2) is 12.2. The van der Waals surface area contributed by atoms with E-state index in [2.05, 4.69) is 61.8 Å². The van der Waals surface area contributed by atoms with Gasteiger partial charge in [0.25, 0.3) is 0 Å². The summed E-state index contributed by atoms with van der Waals surface area (Å²) in [6.45, 7) is 14.3. The Balaban J connectivity index is 1.54. The lowest BCUT2D eigenvalue weighted by Gasteiger charge is -2.49. The number of carbonyl (C=O) groups is 2. The highest BCUT2D eigenvalue weighted by Crippen LogP contribution is 2.36. The number of benzene rings is 1. The fraction of sp³-hybridized carbons (Fsp3) is 0.581. The third kappa shape index (κ3) is 6.76. The summed E-state index contributed by atoms with van der Waals surface area (Å²) in [5.41, 5.74) is 3.34. The van der Waals surface area contributed by atoms with Crippen LogP contribution in [0.4, 0.5) is 0 Å². The molecular formula is C31H43ClN4O2. The minimum atomic E-state index is -0.0730. The first kappa shape index (κ1) is 28.6. The van der Waals surface area contributed by atoms with Crippen LogP contribution in [0.1, 0.15) is 76.7 Å². The summed E-state index contributed by atoms with van der Waals surface area (Å²) in [5, 5.41) is 0.721. The van der Waals surface area contributed by atoms with Crippen molar-refractivity contribution in [2.75, 3.05) is 32.7 Å². The summed E-state index contributed by atoms with van der Waals surface area (Å²) >= 11 is 6.24. The van der Waals surface area contributed by atoms with Gasteiger partial charge >= 0.3 is 0 Å². The summed E-state index contributed by atoms with van der Waals surface area (Å²) in [7, 11) is 0. The number of nitrogens with zero attached hydrogens (tertiary/aromatic N) is 4. The first-order valence-electron chi connectivity index (χ1n) is 14.1. The Labute approximate surface area is 233 Å². The van der Waals surface area contributed by atoms with Crippen LogP contribution in [0, 0.1) is 11.3 Å². The van der Waals surface area contributed by atoms with E-state index in [-0.39, 0.29) is 29.3 Å². The van der Waals surface area contributed by atoms with Gasteiger partial charge in [0.2, 0.25) is 11.8 Å². The van der Waals surface area contributed by atoms with Gasteiger partial charge < -0.3 is 9.80 Å². The number of aryl methyl sites for hydroxylation is 1. The van der Waals surface area contributed by atoms with E-state index < -0.39 is 0 Å². The molecule has 2 fully saturated rings. The van der Waals surface area contributed by atoms with Gasteiger partial charge in [-0.2, -0.15) is 0 Å². The first-order chi connectivity index (χ1) is 18.1. The largest absolute Gasteiger partial charge is 0.343 e. The van der Waals surface area contributed by atoms with Crippen molar-refractivity contribution in [2.45, 2.75) is 72.4 Å². The van der Waals surface area contributed by atoms with Gasteiger partial charge in [-0.25, -0.2) is 0 Å². The minimum Gasteiger partial charge on any atom is -0.343 e. The fourth-order valence-corrected chi connectivity index (χ4v) is 6.04. The van der Waals surface area contributed by atoms with Gasteiger partial charge in [0, 0.05) is 63.3 Å². The number of hydrogen-bond acceptors (Lipinski definition) is 4. The number of likely N-dealkylation sites (tertiary alicyclic amines) is 1. The molecule has 0 bridgehead atoms. The molecule has 2 amide bonds. The Hall–Kier alpha value is -2.44. The number of piperidine rings is 1. The minimum absolute atomic E-state index is 0.00353. The maximum absolute atomic E-state index is 13.7. The van der Waals surface area contributed by atoms with Crippen molar-refractivity contribution in [2.24, 2.45) is 11.3 Å². The lowest BCUT2D eigenvalue weighted by atomic mass is 9.82. The summed E-state index contributed by atoms with van der Waals surface area (Å²) in [6.07, 6.45) is 5.32. The first-order valence-corrected chi connectivity index (χ1v) is 14.4. The molecule has 0 aliphatic carbocycles. The molecule has 2 aromatic rings. The highest BCUT2D eigenvalue weighted by atomic mass is 35.5. The fourth-order valence-electron chi connectivity index (χ4n) is 5.92. The normalized spacial score (nSPS) is 20.4. The van der Waals surface area contributed by atoms with Crippen LogP contribution in [0.5, 0.6) is 0 Å². The van der Waals surface area contributed by atoms with Crippen LogP contribution in [0.15, 0.2) is 42.6 Å². The van der Waals surface area contributed by atoms with Crippen molar-refractivity contribution in [3.05, 3.63) is 64.4 Å². The van der Waals surface area contributed by atoms with Crippen molar-refractivity contribution < 1.29 is 9.59 Å². The third-order valence-electron chi connectivity index (χ3n) is 8.34. The van der Waals surface area contributed by atoms with E-state index in [0.29, 0.717) is 18.9 Å². The van der Waals surface area contributed by atoms with Gasteiger partial charge in [0.1, 0.15) is 0 Å². The Bertz CT molecular complexity index is 1090. The zero-order valence-electron chi connectivity index (χ0n) is 23.6. The van der Waals surface area contributed by atoms with Crippen LogP contribution in [0.3, 0.4) is 0 Å². The molecule has 2 aliphatic heterocycles. The molecule has 2 saturated heterocycles. The van der Waals surface area contributed by atoms with Gasteiger partial charge in [-0.15, -0.1) is 0 Å². The van der Waals surface area contributed by atoms with E-state index in [4.69, 9.17) is 16.6 Å². The molecule has 0 saturated carbocycles. The monoisotopic (exact) mass is 538 g/mol. The molecule has 1 aromatic heterocycles. The number of rotatable bonds is 6. The predicted octanol–water partition coefficient (Wildman–Crippen LogP) is 5.59. The summed E-state index contributed by atoms with van der Waals surface area (Å²) < 4.78 is 0. The average molecular weight is 539 g/mol. The Morgan fingerprint density at radius 3 is 2.26 bits per heavy atom. The Morgan fingerprint density at radius 1 is 1.03 bits per heavy atom. The van der Waals surface area contributed by atoms with Crippen LogP contribution in [-0.2, 0) is 16.0 Å². The van der Waals surface area contributed by atoms with E-state index in [9.17, 15) is 9.59 Å². The highest BCUT2D eigenvalue weighted by molar-refractivity contribution is 6.30. The number of piperazine rings is 1. The van der Waals surface area contributed by atoms with Crippen molar-refractivity contribution in [3.8, 4) is 0 Å². The molecule has 2 aliphatic rings. The molecule has 0 N–H and O–H groups in total. The molecule has 206 valence electrons. The lowest BCUT2D eigenvalue weighted by molar-refractivity contribution is -0.141. The van der Waals surface area contributed by atoms with Gasteiger partial charge in [-0.05, 0) is 59.9 Å². The number of amides is 2. The second-order valence-electron chi connectivity index (χ2n) is 12.0. The van der Waals surface area contributed by atoms with Crippen molar-refractivity contribution in [3.63, 3.8) is 0 Å². The molecule has 2 atom stereocenters. The lowest BCUT2D eigenvalue weighted by Crippen LogP contribution is -2.60. The van der Waals surface area contributed by atoms with E-state index in [1.807, 2.05) is 23.2 Å². The van der Waals surface area contributed by atoms with Crippen LogP contribution in [0.25, 0.3) is 0 Å². The van der Waals surface area contributed by atoms with Gasteiger partial charge in [-0.1, -0.05) is 57.5 Å². The number of aromatic nitrogens is 1. The van der Waals surface area contributed by atoms with Crippen LogP contribution >= 0.6 is 11.6 Å². The number of carbonyl (C=O) groups excluding carboxylic acids is 2. The van der Waals surface area contributed by atoms with Crippen molar-refractivity contribution in [1.82, 2.24) is 19.7 Å². The zero-order valence-corrected chi connectivity index (χ0v) is 24.4. The third-order valence-corrected chi connectivity index (χ3v) is 8.59. The highest BCUT2D eigenvalue weighted by Gasteiger charge is 2.41. The Morgan fingerprint density at radius 2 is 1.71 bits per heavy atom. The van der Waals surface area contributed by atoms with Gasteiger partial charge in [0.15, 0.2) is 0 Å². The molecule has 4 rings (SSSR count). The number of halogens is 1. The maximum atomic E-state index is 13.7. The summed E-state index contributed by atoms with van der Waals surface area (Å²) in [4.78, 5) is 36.8. The average Bonchev–Trinajstić information content (AvgIpc) is 2.90. The number of hydrogen-bond donors (Lipinski definition) is 0. The molecule has 0 spiro atoms. The van der Waals surface area contributed by atoms with Crippen molar-refractivity contribution in [1.29, 1.82) is 0 Å². The summed E-state index contributed by atoms with van der Waals surface area (Å²) in [6, 6.07) is 12.5. The molecule has 7 heteroatoms. The molecule has 38 heavy (non-hydrogen) atoms. The molecule has 1 aromatic carbocycles. The SMILES string of the molecule is CCc1ccc(C(c2ccc(Cl)cc2)N2CCN(C(=O)CC3CCN(C(C)=O)CC3)[C@@H](C(C)(C)C)C2)nc1. The van der Waals surface area contributed by atoms with Crippen LogP contribution < -0.4 is 0 Å². The van der Waals surface area contributed by atoms with Gasteiger partial charge in [-0.3, -0.25) is 19.5 Å². The number of pyridine rings is 1. The van der Waals surface area contributed by atoms with Gasteiger partial charge in [0.05, 0.1) is 11.7 Å². The quantitative estimate of drug-likeness (QED) is 0.481. The van der Waals surface area contributed by atoms with Crippen molar-refractivity contribution >= 4 is 23.4 Å². The van der Waals surface area contributed by atoms with Crippen LogP contribution in [-0.4, -0.2) is 70.3 Å². The molecule has 3 heterocycles. The summed E-state index contributed by atoms with van der Waals surface area (Å²) in [5.74, 6) is 0.729. The zero-order chi connectivity index (χ0) is 27.4. The molecule has 0 radical (unpaired) electrons. The van der Waals surface area contributed by atoms with Crippen LogP contribution in [0.2, 0.25) is 5.02 Å². The predicted molar refractivity (Wildman–Crippen MR) is 153 cm³/mol. The van der Waals surface area contributed by atoms with E-state index >= 15 is 0 Å². The molecule has 1 unspecified atom stereocenters. The maximum Gasteiger partial charge on any atom is 0.223 e. The smallest absolute Gasteiger partial charge is 0.223 e. The standard InChI is InChI=1S/C31H43ClN4O2/c1-6-23-7-12-27(33-20-23)30(25-8-10-26(32)11-9-25)35-17-18-36(28(21-35)31(3,4)5)29(38)19-24-13-15-34(16-14-24)22(2)37/h7-12,20,24,28,30H,6,13-19,21H2,1-5H3/t28-,30?/m1/s1. The van der Waals surface area contributed by atoms with E-state index in [1.165, 1.54) is 5.56 Å². The Kier molecular flexibility index (Phi) is 9.15. The topological polar surface area (TPSA) is 56.8 Å². The van der Waals surface area contributed by atoms with E-state index in [0.717, 1.165) is 61.7 Å². The molecule has 6 nitrogen and oxygen atoms in total. The van der Waals surface area contributed by atoms with E-state index in [1.54, 1.807) is 6.92 Å².